The Morgan fingerprint density at radius 3 is 2.29 bits per heavy atom. The number of piperidine rings is 1. The van der Waals surface area contributed by atoms with Gasteiger partial charge < -0.3 is 4.90 Å². The van der Waals surface area contributed by atoms with E-state index in [0.717, 1.165) is 6.26 Å². The molecule has 0 atom stereocenters. The summed E-state index contributed by atoms with van der Waals surface area (Å²) in [6.45, 7) is 0.761. The highest BCUT2D eigenvalue weighted by Gasteiger charge is 2.32. The summed E-state index contributed by atoms with van der Waals surface area (Å²) in [5.74, 6) is -0.762. The van der Waals surface area contributed by atoms with Crippen LogP contribution in [0.3, 0.4) is 0 Å². The Hall–Kier alpha value is -2.81. The van der Waals surface area contributed by atoms with Crippen molar-refractivity contribution in [2.45, 2.75) is 17.7 Å². The number of hydrogen-bond donors (Lipinski definition) is 0. The molecule has 1 aliphatic heterocycles. The van der Waals surface area contributed by atoms with Crippen LogP contribution in [0.4, 0.5) is 15.8 Å². The van der Waals surface area contributed by atoms with Crippen LogP contribution in [0.2, 0.25) is 0 Å². The lowest BCUT2D eigenvalue weighted by Crippen LogP contribution is -2.36. The van der Waals surface area contributed by atoms with Crippen molar-refractivity contribution in [2.24, 2.45) is 5.92 Å². The number of anilines is 1. The lowest BCUT2D eigenvalue weighted by molar-refractivity contribution is -0.387. The number of nitro groups is 1. The standard InChI is InChI=1S/C19H19FN2O5S/c1-28(26,27)17-4-2-3-16(18(17)22(24)25)21-11-9-14(10-12-21)19(23)13-5-7-15(20)8-6-13/h2-8,14H,9-12H2,1H3. The maximum Gasteiger partial charge on any atom is 0.311 e. The van der Waals surface area contributed by atoms with Gasteiger partial charge in [-0.3, -0.25) is 14.9 Å². The van der Waals surface area contributed by atoms with Crippen LogP contribution in [-0.4, -0.2) is 38.5 Å². The maximum atomic E-state index is 13.0. The minimum atomic E-state index is -3.76. The van der Waals surface area contributed by atoms with E-state index in [-0.39, 0.29) is 22.3 Å². The van der Waals surface area contributed by atoms with Gasteiger partial charge in [-0.1, -0.05) is 6.07 Å². The SMILES string of the molecule is CS(=O)(=O)c1cccc(N2CCC(C(=O)c3ccc(F)cc3)CC2)c1[N+](=O)[O-]. The first-order chi connectivity index (χ1) is 13.2. The Balaban J connectivity index is 1.81. The quantitative estimate of drug-likeness (QED) is 0.430. The van der Waals surface area contributed by atoms with Gasteiger partial charge in [0.1, 0.15) is 16.4 Å². The van der Waals surface area contributed by atoms with E-state index in [1.54, 1.807) is 4.90 Å². The molecule has 148 valence electrons. The first-order valence-corrected chi connectivity index (χ1v) is 10.6. The van der Waals surface area contributed by atoms with Gasteiger partial charge in [-0.15, -0.1) is 0 Å². The second-order valence-electron chi connectivity index (χ2n) is 6.79. The number of hydrogen-bond acceptors (Lipinski definition) is 6. The molecule has 0 bridgehead atoms. The van der Waals surface area contributed by atoms with E-state index in [1.165, 1.54) is 42.5 Å². The van der Waals surface area contributed by atoms with Crippen LogP contribution in [0, 0.1) is 21.8 Å². The number of halogens is 1. The van der Waals surface area contributed by atoms with Gasteiger partial charge in [0.05, 0.1) is 4.92 Å². The molecule has 2 aromatic rings. The molecule has 1 heterocycles. The fourth-order valence-corrected chi connectivity index (χ4v) is 4.34. The summed E-state index contributed by atoms with van der Waals surface area (Å²) >= 11 is 0. The Kier molecular flexibility index (Phi) is 5.46. The summed E-state index contributed by atoms with van der Waals surface area (Å²) in [4.78, 5) is 24.9. The number of para-hydroxylation sites is 1. The van der Waals surface area contributed by atoms with Gasteiger partial charge in [-0.2, -0.15) is 0 Å². The minimum absolute atomic E-state index is 0.0842. The summed E-state index contributed by atoms with van der Waals surface area (Å²) in [5.41, 5.74) is 0.235. The number of nitro benzene ring substituents is 1. The van der Waals surface area contributed by atoms with Crippen molar-refractivity contribution in [2.75, 3.05) is 24.2 Å². The number of Topliss-reactive ketones (excluding diaryl/α,β-unsaturated/α-hetero) is 1. The predicted molar refractivity (Wildman–Crippen MR) is 102 cm³/mol. The second kappa shape index (κ2) is 7.67. The van der Waals surface area contributed by atoms with Crippen LogP contribution in [0.25, 0.3) is 0 Å². The van der Waals surface area contributed by atoms with E-state index in [9.17, 15) is 27.7 Å². The molecule has 1 saturated heterocycles. The van der Waals surface area contributed by atoms with E-state index >= 15 is 0 Å². The largest absolute Gasteiger partial charge is 0.366 e. The van der Waals surface area contributed by atoms with E-state index < -0.39 is 26.3 Å². The van der Waals surface area contributed by atoms with E-state index in [2.05, 4.69) is 0 Å². The molecule has 28 heavy (non-hydrogen) atoms. The lowest BCUT2D eigenvalue weighted by atomic mass is 9.88. The molecule has 3 rings (SSSR count). The maximum absolute atomic E-state index is 13.0. The van der Waals surface area contributed by atoms with E-state index in [1.807, 2.05) is 0 Å². The molecule has 0 unspecified atom stereocenters. The number of ketones is 1. The topological polar surface area (TPSA) is 97.6 Å². The molecule has 7 nitrogen and oxygen atoms in total. The van der Waals surface area contributed by atoms with Crippen LogP contribution in [0.1, 0.15) is 23.2 Å². The fraction of sp³-hybridized carbons (Fsp3) is 0.316. The highest BCUT2D eigenvalue weighted by Crippen LogP contribution is 2.36. The minimum Gasteiger partial charge on any atom is -0.366 e. The number of nitrogens with zero attached hydrogens (tertiary/aromatic N) is 2. The summed E-state index contributed by atoms with van der Waals surface area (Å²) in [7, 11) is -3.76. The third-order valence-corrected chi connectivity index (χ3v) is 6.02. The van der Waals surface area contributed by atoms with Crippen molar-refractivity contribution < 1.29 is 22.5 Å². The van der Waals surface area contributed by atoms with E-state index in [0.29, 0.717) is 31.5 Å². The molecule has 0 spiro atoms. The Bertz CT molecular complexity index is 1010. The van der Waals surface area contributed by atoms with Gasteiger partial charge in [0, 0.05) is 30.8 Å². The zero-order valence-electron chi connectivity index (χ0n) is 15.2. The van der Waals surface area contributed by atoms with Gasteiger partial charge in [0.15, 0.2) is 15.6 Å². The van der Waals surface area contributed by atoms with E-state index in [4.69, 9.17) is 0 Å². The molecule has 0 amide bonds. The van der Waals surface area contributed by atoms with Gasteiger partial charge >= 0.3 is 5.69 Å². The van der Waals surface area contributed by atoms with Crippen LogP contribution in [-0.2, 0) is 9.84 Å². The van der Waals surface area contributed by atoms with Gasteiger partial charge in [-0.05, 0) is 49.2 Å². The number of sulfone groups is 1. The molecular weight excluding hydrogens is 387 g/mol. The molecule has 1 aliphatic rings. The molecule has 9 heteroatoms. The molecule has 2 aromatic carbocycles. The van der Waals surface area contributed by atoms with Crippen molar-refractivity contribution in [3.63, 3.8) is 0 Å². The molecule has 0 saturated carbocycles. The third kappa shape index (κ3) is 4.04. The lowest BCUT2D eigenvalue weighted by Gasteiger charge is -2.32. The molecule has 0 N–H and O–H groups in total. The molecule has 0 aromatic heterocycles. The van der Waals surface area contributed by atoms with Crippen molar-refractivity contribution in [1.29, 1.82) is 0 Å². The van der Waals surface area contributed by atoms with Gasteiger partial charge in [0.2, 0.25) is 0 Å². The van der Waals surface area contributed by atoms with Crippen LogP contribution >= 0.6 is 0 Å². The van der Waals surface area contributed by atoms with Crippen molar-refractivity contribution in [1.82, 2.24) is 0 Å². The second-order valence-corrected chi connectivity index (χ2v) is 8.77. The Labute approximate surface area is 161 Å². The first kappa shape index (κ1) is 19.9. The number of carbonyl (C=O) groups is 1. The zero-order chi connectivity index (χ0) is 20.5. The number of carbonyl (C=O) groups excluding carboxylic acids is 1. The van der Waals surface area contributed by atoms with Gasteiger partial charge in [0.25, 0.3) is 0 Å². The molecular formula is C19H19FN2O5S. The molecule has 0 aliphatic carbocycles. The van der Waals surface area contributed by atoms with Crippen LogP contribution in [0.5, 0.6) is 0 Å². The van der Waals surface area contributed by atoms with Crippen LogP contribution in [0.15, 0.2) is 47.4 Å². The number of benzene rings is 2. The smallest absolute Gasteiger partial charge is 0.311 e. The highest BCUT2D eigenvalue weighted by molar-refractivity contribution is 7.90. The normalized spacial score (nSPS) is 15.4. The average Bonchev–Trinajstić information content (AvgIpc) is 2.67. The molecule has 1 fully saturated rings. The van der Waals surface area contributed by atoms with Crippen molar-refractivity contribution in [3.05, 3.63) is 64.0 Å². The first-order valence-electron chi connectivity index (χ1n) is 8.70. The summed E-state index contributed by atoms with van der Waals surface area (Å²) in [6.07, 6.45) is 1.87. The molecule has 0 radical (unpaired) electrons. The van der Waals surface area contributed by atoms with Crippen LogP contribution < -0.4 is 4.90 Å². The predicted octanol–water partition coefficient (Wildman–Crippen LogP) is 3.24. The summed E-state index contributed by atoms with van der Waals surface area (Å²) in [6, 6.07) is 9.60. The van der Waals surface area contributed by atoms with Crippen molar-refractivity contribution >= 4 is 27.0 Å². The number of rotatable bonds is 5. The fourth-order valence-electron chi connectivity index (χ4n) is 3.48. The third-order valence-electron chi connectivity index (χ3n) is 4.89. The monoisotopic (exact) mass is 406 g/mol. The summed E-state index contributed by atoms with van der Waals surface area (Å²) < 4.78 is 36.9. The highest BCUT2D eigenvalue weighted by atomic mass is 32.2. The van der Waals surface area contributed by atoms with Crippen molar-refractivity contribution in [3.8, 4) is 0 Å². The Morgan fingerprint density at radius 2 is 1.75 bits per heavy atom. The summed E-state index contributed by atoms with van der Waals surface area (Å²) in [5, 5.41) is 11.5. The van der Waals surface area contributed by atoms with Gasteiger partial charge in [-0.25, -0.2) is 12.8 Å². The average molecular weight is 406 g/mol. The zero-order valence-corrected chi connectivity index (χ0v) is 16.0. The Morgan fingerprint density at radius 1 is 1.14 bits per heavy atom.